The van der Waals surface area contributed by atoms with Crippen LogP contribution in [0.5, 0.6) is 17.4 Å². The molecule has 2 aromatic heterocycles. The van der Waals surface area contributed by atoms with Gasteiger partial charge in [-0.25, -0.2) is 4.98 Å². The Morgan fingerprint density at radius 3 is 2.80 bits per heavy atom. The SMILES string of the molecule is CN(c1cnc(-c2ccc(-c3cc4c(nn3)OCCO4)cc2O)nn1)[C@@H]1C[C@H]2CCC[C@@](C)(C1)N2. The Kier molecular flexibility index (Phi) is 5.40. The predicted octanol–water partition coefficient (Wildman–Crippen LogP) is 2.97. The highest BCUT2D eigenvalue weighted by atomic mass is 16.6. The van der Waals surface area contributed by atoms with Gasteiger partial charge in [-0.15, -0.1) is 20.4 Å². The second-order valence-corrected chi connectivity index (χ2v) is 9.97. The first-order valence-electron chi connectivity index (χ1n) is 12.1. The fourth-order valence-corrected chi connectivity index (χ4v) is 5.56. The first kappa shape index (κ1) is 22.0. The maximum atomic E-state index is 10.7. The zero-order valence-electron chi connectivity index (χ0n) is 19.9. The third kappa shape index (κ3) is 4.22. The van der Waals surface area contributed by atoms with E-state index in [1.165, 1.54) is 19.3 Å². The molecule has 182 valence electrons. The number of ether oxygens (including phenoxy) is 2. The number of hydrogen-bond acceptors (Lipinski definition) is 10. The molecule has 6 rings (SSSR count). The second kappa shape index (κ2) is 8.60. The third-order valence-corrected chi connectivity index (χ3v) is 7.38. The van der Waals surface area contributed by atoms with Gasteiger partial charge in [0.1, 0.15) is 19.0 Å². The summed E-state index contributed by atoms with van der Waals surface area (Å²) in [6, 6.07) is 7.94. The normalized spacial score (nSPS) is 25.2. The number of anilines is 1. The van der Waals surface area contributed by atoms with Crippen molar-refractivity contribution in [2.75, 3.05) is 25.2 Å². The van der Waals surface area contributed by atoms with Gasteiger partial charge in [-0.1, -0.05) is 12.5 Å². The highest BCUT2D eigenvalue weighted by Crippen LogP contribution is 2.37. The summed E-state index contributed by atoms with van der Waals surface area (Å²) in [5.41, 5.74) is 1.97. The monoisotopic (exact) mass is 475 g/mol. The molecule has 0 saturated carbocycles. The molecule has 5 heterocycles. The summed E-state index contributed by atoms with van der Waals surface area (Å²) in [6.45, 7) is 3.25. The average molecular weight is 476 g/mol. The van der Waals surface area contributed by atoms with Crippen molar-refractivity contribution in [2.24, 2.45) is 0 Å². The Morgan fingerprint density at radius 2 is 2.00 bits per heavy atom. The van der Waals surface area contributed by atoms with E-state index in [0.717, 1.165) is 18.7 Å². The Labute approximate surface area is 203 Å². The van der Waals surface area contributed by atoms with E-state index in [1.54, 1.807) is 24.4 Å². The van der Waals surface area contributed by atoms with Gasteiger partial charge >= 0.3 is 0 Å². The van der Waals surface area contributed by atoms with Crippen molar-refractivity contribution in [3.63, 3.8) is 0 Å². The van der Waals surface area contributed by atoms with E-state index < -0.39 is 0 Å². The summed E-state index contributed by atoms with van der Waals surface area (Å²) in [5.74, 6) is 2.08. The fourth-order valence-electron chi connectivity index (χ4n) is 5.56. The van der Waals surface area contributed by atoms with Crippen molar-refractivity contribution in [1.82, 2.24) is 30.7 Å². The van der Waals surface area contributed by atoms with E-state index in [4.69, 9.17) is 9.47 Å². The van der Waals surface area contributed by atoms with Gasteiger partial charge in [0, 0.05) is 36.3 Å². The van der Waals surface area contributed by atoms with Crippen molar-refractivity contribution in [3.8, 4) is 40.0 Å². The summed E-state index contributed by atoms with van der Waals surface area (Å²) in [7, 11) is 2.07. The van der Waals surface area contributed by atoms with E-state index >= 15 is 0 Å². The average Bonchev–Trinajstić information content (AvgIpc) is 2.87. The zero-order chi connectivity index (χ0) is 24.0. The van der Waals surface area contributed by atoms with Crippen LogP contribution in [0.3, 0.4) is 0 Å². The van der Waals surface area contributed by atoms with E-state index in [2.05, 4.69) is 49.6 Å². The van der Waals surface area contributed by atoms with Gasteiger partial charge in [0.2, 0.25) is 0 Å². The summed E-state index contributed by atoms with van der Waals surface area (Å²) < 4.78 is 11.0. The molecule has 1 aromatic carbocycles. The molecule has 0 radical (unpaired) electrons. The van der Waals surface area contributed by atoms with Crippen molar-refractivity contribution in [2.45, 2.75) is 56.7 Å². The van der Waals surface area contributed by atoms with Crippen molar-refractivity contribution >= 4 is 5.82 Å². The van der Waals surface area contributed by atoms with E-state index in [0.29, 0.717) is 59.6 Å². The van der Waals surface area contributed by atoms with Crippen LogP contribution in [0.2, 0.25) is 0 Å². The Hall–Kier alpha value is -3.53. The molecular formula is C25H29N7O3. The first-order valence-corrected chi connectivity index (χ1v) is 12.1. The molecule has 0 aliphatic carbocycles. The lowest BCUT2D eigenvalue weighted by atomic mass is 9.75. The summed E-state index contributed by atoms with van der Waals surface area (Å²) in [4.78, 5) is 6.72. The zero-order valence-corrected chi connectivity index (χ0v) is 19.9. The quantitative estimate of drug-likeness (QED) is 0.583. The van der Waals surface area contributed by atoms with Crippen LogP contribution >= 0.6 is 0 Å². The molecule has 2 saturated heterocycles. The van der Waals surface area contributed by atoms with Crippen molar-refractivity contribution in [1.29, 1.82) is 0 Å². The molecule has 10 heteroatoms. The van der Waals surface area contributed by atoms with E-state index in [-0.39, 0.29) is 11.3 Å². The van der Waals surface area contributed by atoms with E-state index in [1.807, 2.05) is 6.07 Å². The minimum atomic E-state index is 0.0428. The minimum absolute atomic E-state index is 0.0428. The van der Waals surface area contributed by atoms with E-state index in [9.17, 15) is 5.11 Å². The van der Waals surface area contributed by atoms with Crippen molar-refractivity contribution in [3.05, 3.63) is 30.5 Å². The van der Waals surface area contributed by atoms with Gasteiger partial charge in [-0.05, 0) is 44.7 Å². The molecule has 0 unspecified atom stereocenters. The maximum Gasteiger partial charge on any atom is 0.276 e. The summed E-state index contributed by atoms with van der Waals surface area (Å²) in [5, 5.41) is 31.6. The van der Waals surface area contributed by atoms with Gasteiger partial charge in [0.05, 0.1) is 17.5 Å². The van der Waals surface area contributed by atoms with Crippen LogP contribution in [-0.4, -0.2) is 68.4 Å². The first-order chi connectivity index (χ1) is 17.0. The third-order valence-electron chi connectivity index (χ3n) is 7.38. The van der Waals surface area contributed by atoms with Crippen LogP contribution in [0.4, 0.5) is 5.82 Å². The number of fused-ring (bicyclic) bond motifs is 3. The van der Waals surface area contributed by atoms with Crippen LogP contribution in [0.25, 0.3) is 22.6 Å². The standard InChI is InChI=1S/C25H29N7O3/c1-25-7-3-4-16(27-25)11-17(13-25)32(2)22-14-26-23(30-29-22)18-6-5-15(10-20(18)33)19-12-21-24(31-28-19)35-9-8-34-21/h5-6,10,12,14,16-17,27,33H,3-4,7-9,11,13H2,1-2H3/t16-,17-,25+/m1/s1. The number of phenolic OH excluding ortho intramolecular Hbond substituents is 1. The van der Waals surface area contributed by atoms with Crippen LogP contribution in [0.1, 0.15) is 39.0 Å². The smallest absolute Gasteiger partial charge is 0.276 e. The number of piperidine rings is 2. The molecule has 2 bridgehead atoms. The highest BCUT2D eigenvalue weighted by Gasteiger charge is 2.40. The number of nitrogens with one attached hydrogen (secondary N) is 1. The number of rotatable bonds is 4. The molecule has 3 aromatic rings. The molecule has 2 N–H and O–H groups in total. The Morgan fingerprint density at radius 1 is 1.11 bits per heavy atom. The molecular weight excluding hydrogens is 446 g/mol. The number of nitrogens with zero attached hydrogens (tertiary/aromatic N) is 6. The minimum Gasteiger partial charge on any atom is -0.507 e. The van der Waals surface area contributed by atoms with Crippen molar-refractivity contribution < 1.29 is 14.6 Å². The number of phenols is 1. The summed E-state index contributed by atoms with van der Waals surface area (Å²) in [6.07, 6.45) is 7.65. The molecule has 10 nitrogen and oxygen atoms in total. The lowest BCUT2D eigenvalue weighted by molar-refractivity contribution is 0.140. The van der Waals surface area contributed by atoms with Crippen LogP contribution in [0, 0.1) is 0 Å². The molecule has 3 aliphatic heterocycles. The van der Waals surface area contributed by atoms with Gasteiger partial charge in [0.25, 0.3) is 5.88 Å². The largest absolute Gasteiger partial charge is 0.507 e. The lowest BCUT2D eigenvalue weighted by Crippen LogP contribution is -2.61. The molecule has 2 fully saturated rings. The summed E-state index contributed by atoms with van der Waals surface area (Å²) >= 11 is 0. The molecule has 3 atom stereocenters. The molecule has 3 aliphatic rings. The molecule has 0 spiro atoms. The van der Waals surface area contributed by atoms with Gasteiger partial charge in [-0.2, -0.15) is 0 Å². The van der Waals surface area contributed by atoms with Crippen LogP contribution < -0.4 is 19.7 Å². The Balaban J connectivity index is 1.20. The molecule has 35 heavy (non-hydrogen) atoms. The Bertz CT molecular complexity index is 1240. The number of hydrogen-bond donors (Lipinski definition) is 2. The second-order valence-electron chi connectivity index (χ2n) is 9.97. The molecule has 0 amide bonds. The number of aromatic nitrogens is 5. The van der Waals surface area contributed by atoms with Gasteiger partial charge < -0.3 is 24.8 Å². The van der Waals surface area contributed by atoms with Crippen LogP contribution in [-0.2, 0) is 0 Å². The van der Waals surface area contributed by atoms with Gasteiger partial charge in [-0.3, -0.25) is 0 Å². The number of aromatic hydroxyl groups is 1. The predicted molar refractivity (Wildman–Crippen MR) is 130 cm³/mol. The highest BCUT2D eigenvalue weighted by molar-refractivity contribution is 5.72. The van der Waals surface area contributed by atoms with Gasteiger partial charge in [0.15, 0.2) is 17.4 Å². The van der Waals surface area contributed by atoms with Crippen LogP contribution in [0.15, 0.2) is 30.5 Å². The fraction of sp³-hybridized carbons (Fsp3) is 0.480. The lowest BCUT2D eigenvalue weighted by Gasteiger charge is -2.49. The maximum absolute atomic E-state index is 10.7. The number of benzene rings is 1. The topological polar surface area (TPSA) is 118 Å².